The Morgan fingerprint density at radius 1 is 1.27 bits per heavy atom. The molecule has 1 aliphatic rings. The van der Waals surface area contributed by atoms with E-state index in [1.54, 1.807) is 0 Å². The standard InChI is InChI=1S/C13H27N3O4SSi/c1-13(2,3)22(5,6)20-11-9-7-8-10(15-16-14)12(11)19-21(4,17)18/h10-12H,7-9H2,1-6H3. The molecule has 3 unspecified atom stereocenters. The quantitative estimate of drug-likeness (QED) is 0.249. The van der Waals surface area contributed by atoms with Crippen molar-refractivity contribution in [3.05, 3.63) is 10.4 Å². The molecule has 0 heterocycles. The maximum Gasteiger partial charge on any atom is 0.264 e. The first-order valence-electron chi connectivity index (χ1n) is 7.48. The molecular weight excluding hydrogens is 322 g/mol. The van der Waals surface area contributed by atoms with Crippen LogP contribution < -0.4 is 0 Å². The Bertz CT molecular complexity index is 538. The Labute approximate surface area is 134 Å². The number of nitrogens with zero attached hydrogens (tertiary/aromatic N) is 3. The van der Waals surface area contributed by atoms with Crippen molar-refractivity contribution < 1.29 is 17.0 Å². The van der Waals surface area contributed by atoms with Crippen LogP contribution in [0, 0.1) is 0 Å². The summed E-state index contributed by atoms with van der Waals surface area (Å²) in [5.74, 6) is 0. The molecule has 1 saturated carbocycles. The van der Waals surface area contributed by atoms with Crippen LogP contribution in [0.2, 0.25) is 18.1 Å². The average Bonchev–Trinajstić information content (AvgIpc) is 2.30. The monoisotopic (exact) mass is 349 g/mol. The highest BCUT2D eigenvalue weighted by Crippen LogP contribution is 2.40. The summed E-state index contributed by atoms with van der Waals surface area (Å²) in [6, 6.07) is -0.511. The molecule has 7 nitrogen and oxygen atoms in total. The molecule has 0 bridgehead atoms. The maximum absolute atomic E-state index is 11.6. The molecule has 1 aliphatic carbocycles. The van der Waals surface area contributed by atoms with E-state index in [0.29, 0.717) is 12.8 Å². The third-order valence-electron chi connectivity index (χ3n) is 4.47. The average molecular weight is 350 g/mol. The lowest BCUT2D eigenvalue weighted by Crippen LogP contribution is -2.52. The zero-order valence-corrected chi connectivity index (χ0v) is 16.1. The third kappa shape index (κ3) is 5.24. The number of azide groups is 1. The minimum atomic E-state index is -3.65. The van der Waals surface area contributed by atoms with Gasteiger partial charge >= 0.3 is 0 Å². The van der Waals surface area contributed by atoms with Gasteiger partial charge in [0.15, 0.2) is 8.32 Å². The van der Waals surface area contributed by atoms with Gasteiger partial charge in [0.05, 0.1) is 18.4 Å². The summed E-state index contributed by atoms with van der Waals surface area (Å²) in [7, 11) is -5.72. The Hall–Kier alpha value is -0.603. The molecule has 0 saturated heterocycles. The van der Waals surface area contributed by atoms with Gasteiger partial charge in [-0.1, -0.05) is 32.3 Å². The van der Waals surface area contributed by atoms with E-state index in [0.717, 1.165) is 12.7 Å². The van der Waals surface area contributed by atoms with Gasteiger partial charge in [-0.25, -0.2) is 0 Å². The molecule has 0 radical (unpaired) electrons. The van der Waals surface area contributed by atoms with Gasteiger partial charge in [-0.2, -0.15) is 8.42 Å². The summed E-state index contributed by atoms with van der Waals surface area (Å²) in [6.45, 7) is 10.6. The lowest BCUT2D eigenvalue weighted by atomic mass is 9.91. The second-order valence-electron chi connectivity index (χ2n) is 7.38. The first kappa shape index (κ1) is 19.4. The molecule has 0 aromatic carbocycles. The minimum Gasteiger partial charge on any atom is -0.411 e. The Balaban J connectivity index is 3.05. The van der Waals surface area contributed by atoms with E-state index in [1.165, 1.54) is 0 Å². The number of hydrogen-bond acceptors (Lipinski definition) is 5. The molecule has 128 valence electrons. The zero-order valence-electron chi connectivity index (χ0n) is 14.2. The first-order valence-corrected chi connectivity index (χ1v) is 12.2. The van der Waals surface area contributed by atoms with E-state index in [4.69, 9.17) is 14.1 Å². The third-order valence-corrected chi connectivity index (χ3v) is 9.55. The van der Waals surface area contributed by atoms with Crippen LogP contribution in [0.15, 0.2) is 5.11 Å². The molecule has 3 atom stereocenters. The highest BCUT2D eigenvalue weighted by molar-refractivity contribution is 7.86. The molecule has 22 heavy (non-hydrogen) atoms. The minimum absolute atomic E-state index is 0.00802. The van der Waals surface area contributed by atoms with E-state index < -0.39 is 30.6 Å². The lowest BCUT2D eigenvalue weighted by molar-refractivity contribution is 0.00689. The molecule has 0 aromatic rings. The van der Waals surface area contributed by atoms with Gasteiger partial charge in [0.1, 0.15) is 6.10 Å². The SMILES string of the molecule is CC(C)(C)[Si](C)(C)OC1CCCC(N=[N+]=[N-])C1OS(C)(=O)=O. The normalized spacial score (nSPS) is 27.3. The van der Waals surface area contributed by atoms with Crippen LogP contribution in [0.4, 0.5) is 0 Å². The number of hydrogen-bond donors (Lipinski definition) is 0. The summed E-state index contributed by atoms with van der Waals surface area (Å²) >= 11 is 0. The second-order valence-corrected chi connectivity index (χ2v) is 13.7. The van der Waals surface area contributed by atoms with Gasteiger partial charge in [-0.15, -0.1) is 0 Å². The first-order chi connectivity index (χ1) is 9.87. The lowest BCUT2D eigenvalue weighted by Gasteiger charge is -2.43. The molecule has 0 aromatic heterocycles. The van der Waals surface area contributed by atoms with E-state index in [2.05, 4.69) is 43.9 Å². The fraction of sp³-hybridized carbons (Fsp3) is 1.00. The van der Waals surface area contributed by atoms with Gasteiger partial charge in [0, 0.05) is 4.91 Å². The van der Waals surface area contributed by atoms with Gasteiger partial charge in [0.2, 0.25) is 0 Å². The van der Waals surface area contributed by atoms with Crippen LogP contribution in [0.5, 0.6) is 0 Å². The Morgan fingerprint density at radius 3 is 2.32 bits per heavy atom. The van der Waals surface area contributed by atoms with E-state index in [-0.39, 0.29) is 11.1 Å². The molecule has 0 aliphatic heterocycles. The van der Waals surface area contributed by atoms with Crippen molar-refractivity contribution in [1.82, 2.24) is 0 Å². The predicted octanol–water partition coefficient (Wildman–Crippen LogP) is 3.58. The van der Waals surface area contributed by atoms with Crippen molar-refractivity contribution in [2.24, 2.45) is 5.11 Å². The summed E-state index contributed by atoms with van der Waals surface area (Å²) in [5, 5.41) is 3.73. The molecule has 0 amide bonds. The van der Waals surface area contributed by atoms with Crippen LogP contribution in [0.3, 0.4) is 0 Å². The highest BCUT2D eigenvalue weighted by Gasteiger charge is 2.44. The smallest absolute Gasteiger partial charge is 0.264 e. The van der Waals surface area contributed by atoms with Crippen molar-refractivity contribution in [3.63, 3.8) is 0 Å². The zero-order chi connectivity index (χ0) is 17.2. The summed E-state index contributed by atoms with van der Waals surface area (Å²) < 4.78 is 34.7. The fourth-order valence-corrected chi connectivity index (χ4v) is 4.32. The molecule has 0 N–H and O–H groups in total. The Morgan fingerprint density at radius 2 is 1.86 bits per heavy atom. The van der Waals surface area contributed by atoms with Crippen LogP contribution >= 0.6 is 0 Å². The topological polar surface area (TPSA) is 101 Å². The molecule has 9 heteroatoms. The maximum atomic E-state index is 11.6. The van der Waals surface area contributed by atoms with Crippen LogP contribution in [-0.4, -0.2) is 41.2 Å². The largest absolute Gasteiger partial charge is 0.411 e. The van der Waals surface area contributed by atoms with E-state index >= 15 is 0 Å². The summed E-state index contributed by atoms with van der Waals surface area (Å²) in [6.07, 6.45) is 2.06. The van der Waals surface area contributed by atoms with Crippen molar-refractivity contribution >= 4 is 18.4 Å². The highest BCUT2D eigenvalue weighted by atomic mass is 32.2. The van der Waals surface area contributed by atoms with E-state index in [9.17, 15) is 8.42 Å². The van der Waals surface area contributed by atoms with Crippen molar-refractivity contribution in [1.29, 1.82) is 0 Å². The molecule has 1 rings (SSSR count). The van der Waals surface area contributed by atoms with Crippen molar-refractivity contribution in [3.8, 4) is 0 Å². The molecule has 1 fully saturated rings. The summed E-state index contributed by atoms with van der Waals surface area (Å²) in [4.78, 5) is 2.83. The molecule has 0 spiro atoms. The van der Waals surface area contributed by atoms with Crippen molar-refractivity contribution in [2.75, 3.05) is 6.26 Å². The molecular formula is C13H27N3O4SSi. The second kappa shape index (κ2) is 6.88. The van der Waals surface area contributed by atoms with Crippen LogP contribution in [0.25, 0.3) is 10.4 Å². The van der Waals surface area contributed by atoms with E-state index in [1.807, 2.05) is 0 Å². The number of rotatable bonds is 5. The fourth-order valence-electron chi connectivity index (χ4n) is 2.30. The van der Waals surface area contributed by atoms with Crippen molar-refractivity contribution in [2.45, 2.75) is 76.4 Å². The predicted molar refractivity (Wildman–Crippen MR) is 88.6 cm³/mol. The van der Waals surface area contributed by atoms with Gasteiger partial charge in [-0.05, 0) is 36.5 Å². The van der Waals surface area contributed by atoms with Crippen LogP contribution in [0.1, 0.15) is 40.0 Å². The van der Waals surface area contributed by atoms with Gasteiger partial charge in [0.25, 0.3) is 10.1 Å². The van der Waals surface area contributed by atoms with Crippen LogP contribution in [-0.2, 0) is 18.7 Å². The van der Waals surface area contributed by atoms with Gasteiger partial charge < -0.3 is 4.43 Å². The Kier molecular flexibility index (Phi) is 6.08. The van der Waals surface area contributed by atoms with Gasteiger partial charge in [-0.3, -0.25) is 4.18 Å². The summed E-state index contributed by atoms with van der Waals surface area (Å²) in [5.41, 5.74) is 8.70.